The van der Waals surface area contributed by atoms with Crippen LogP contribution in [0.1, 0.15) is 5.56 Å². The molecule has 0 atom stereocenters. The smallest absolute Gasteiger partial charge is 0.339 e. The summed E-state index contributed by atoms with van der Waals surface area (Å²) < 4.78 is 34.6. The number of hydrogen-bond acceptors (Lipinski definition) is 6. The summed E-state index contributed by atoms with van der Waals surface area (Å²) in [6, 6.07) is 10.0. The molecule has 0 radical (unpaired) electrons. The molecule has 2 rings (SSSR count). The summed E-state index contributed by atoms with van der Waals surface area (Å²) in [6.45, 7) is 0. The molecule has 0 fully saturated rings. The molecule has 8 heteroatoms. The summed E-state index contributed by atoms with van der Waals surface area (Å²) in [6.07, 6.45) is 1.18. The molecular weight excluding hydrogens is 330 g/mol. The summed E-state index contributed by atoms with van der Waals surface area (Å²) in [5.74, 6) is 0.211. The highest BCUT2D eigenvalue weighted by Crippen LogP contribution is 2.30. The van der Waals surface area contributed by atoms with Gasteiger partial charge in [0.1, 0.15) is 4.90 Å². The fraction of sp³-hybridized carbons (Fsp3) is 0.0714. The number of ether oxygens (including phenoxy) is 1. The third kappa shape index (κ3) is 3.69. The molecule has 0 aliphatic rings. The average Bonchev–Trinajstić information content (AvgIpc) is 2.49. The van der Waals surface area contributed by atoms with Crippen molar-refractivity contribution < 1.29 is 22.5 Å². The molecule has 0 aliphatic carbocycles. The van der Waals surface area contributed by atoms with Gasteiger partial charge in [-0.2, -0.15) is 8.42 Å². The van der Waals surface area contributed by atoms with Gasteiger partial charge in [0.05, 0.1) is 13.3 Å². The number of hydrogen-bond donors (Lipinski definition) is 1. The van der Waals surface area contributed by atoms with Crippen LogP contribution in [0.4, 0.5) is 0 Å². The maximum atomic E-state index is 12.2. The first-order valence-corrected chi connectivity index (χ1v) is 7.80. The SMILES string of the molecule is COc1cc(C=NO)ccc1OS(=O)(=O)c1ccc(Cl)cc1. The molecule has 6 nitrogen and oxygen atoms in total. The van der Waals surface area contributed by atoms with Gasteiger partial charge < -0.3 is 14.1 Å². The molecule has 2 aromatic carbocycles. The van der Waals surface area contributed by atoms with Crippen molar-refractivity contribution >= 4 is 27.9 Å². The topological polar surface area (TPSA) is 85.2 Å². The monoisotopic (exact) mass is 341 g/mol. The number of rotatable bonds is 5. The van der Waals surface area contributed by atoms with E-state index < -0.39 is 10.1 Å². The molecule has 0 saturated carbocycles. The van der Waals surface area contributed by atoms with E-state index in [-0.39, 0.29) is 16.4 Å². The lowest BCUT2D eigenvalue weighted by atomic mass is 10.2. The lowest BCUT2D eigenvalue weighted by molar-refractivity contribution is 0.322. The Kier molecular flexibility index (Phi) is 4.89. The van der Waals surface area contributed by atoms with Crippen LogP contribution >= 0.6 is 11.6 Å². The third-order valence-corrected chi connectivity index (χ3v) is 4.20. The van der Waals surface area contributed by atoms with Crippen molar-refractivity contribution in [3.63, 3.8) is 0 Å². The maximum Gasteiger partial charge on any atom is 0.339 e. The first-order valence-electron chi connectivity index (χ1n) is 6.02. The van der Waals surface area contributed by atoms with E-state index in [4.69, 9.17) is 25.7 Å². The molecule has 0 unspecified atom stereocenters. The van der Waals surface area contributed by atoms with Crippen LogP contribution in [0, 0.1) is 0 Å². The van der Waals surface area contributed by atoms with Crippen LogP contribution in [0.5, 0.6) is 11.5 Å². The van der Waals surface area contributed by atoms with Crippen molar-refractivity contribution in [1.82, 2.24) is 0 Å². The van der Waals surface area contributed by atoms with E-state index in [1.807, 2.05) is 0 Å². The van der Waals surface area contributed by atoms with E-state index in [1.165, 1.54) is 55.8 Å². The Bertz CT molecular complexity index is 787. The van der Waals surface area contributed by atoms with Crippen LogP contribution in [0.25, 0.3) is 0 Å². The van der Waals surface area contributed by atoms with Gasteiger partial charge >= 0.3 is 10.1 Å². The summed E-state index contributed by atoms with van der Waals surface area (Å²) in [5.41, 5.74) is 0.524. The molecule has 22 heavy (non-hydrogen) atoms. The van der Waals surface area contributed by atoms with Gasteiger partial charge in [-0.15, -0.1) is 0 Å². The minimum absolute atomic E-state index is 0.0209. The van der Waals surface area contributed by atoms with E-state index in [9.17, 15) is 8.42 Å². The van der Waals surface area contributed by atoms with E-state index in [0.717, 1.165) is 0 Å². The molecule has 116 valence electrons. The predicted molar refractivity (Wildman–Crippen MR) is 81.6 cm³/mol. The van der Waals surface area contributed by atoms with Gasteiger partial charge in [-0.1, -0.05) is 16.8 Å². The Morgan fingerprint density at radius 1 is 1.14 bits per heavy atom. The van der Waals surface area contributed by atoms with Crippen molar-refractivity contribution in [3.05, 3.63) is 53.1 Å². The van der Waals surface area contributed by atoms with Crippen molar-refractivity contribution in [3.8, 4) is 11.5 Å². The minimum atomic E-state index is -4.01. The van der Waals surface area contributed by atoms with Crippen molar-refractivity contribution in [2.45, 2.75) is 4.90 Å². The van der Waals surface area contributed by atoms with E-state index in [2.05, 4.69) is 5.16 Å². The number of methoxy groups -OCH3 is 1. The molecule has 0 heterocycles. The second-order valence-electron chi connectivity index (χ2n) is 4.15. The second kappa shape index (κ2) is 6.67. The summed E-state index contributed by atoms with van der Waals surface area (Å²) in [4.78, 5) is -0.0278. The highest BCUT2D eigenvalue weighted by Gasteiger charge is 2.19. The van der Waals surface area contributed by atoms with Gasteiger partial charge in [-0.3, -0.25) is 0 Å². The van der Waals surface area contributed by atoms with E-state index in [0.29, 0.717) is 10.6 Å². The van der Waals surface area contributed by atoms with Gasteiger partial charge in [-0.25, -0.2) is 0 Å². The largest absolute Gasteiger partial charge is 0.493 e. The van der Waals surface area contributed by atoms with Crippen LogP contribution in [0.3, 0.4) is 0 Å². The summed E-state index contributed by atoms with van der Waals surface area (Å²) in [5, 5.41) is 11.8. The molecule has 0 spiro atoms. The van der Waals surface area contributed by atoms with Gasteiger partial charge in [0.2, 0.25) is 0 Å². The molecular formula is C14H12ClNO5S. The second-order valence-corrected chi connectivity index (χ2v) is 6.13. The first-order chi connectivity index (χ1) is 10.5. The lowest BCUT2D eigenvalue weighted by Crippen LogP contribution is -2.10. The Labute approximate surface area is 132 Å². The van der Waals surface area contributed by atoms with Crippen LogP contribution < -0.4 is 8.92 Å². The summed E-state index contributed by atoms with van der Waals surface area (Å²) >= 11 is 5.73. The number of halogens is 1. The normalized spacial score (nSPS) is 11.5. The highest BCUT2D eigenvalue weighted by molar-refractivity contribution is 7.87. The predicted octanol–water partition coefficient (Wildman–Crippen LogP) is 2.92. The molecule has 1 N–H and O–H groups in total. The molecule has 0 bridgehead atoms. The highest BCUT2D eigenvalue weighted by atomic mass is 35.5. The maximum absolute atomic E-state index is 12.2. The Morgan fingerprint density at radius 3 is 2.41 bits per heavy atom. The lowest BCUT2D eigenvalue weighted by Gasteiger charge is -2.11. The van der Waals surface area contributed by atoms with Gasteiger partial charge in [-0.05, 0) is 42.5 Å². The number of benzene rings is 2. The van der Waals surface area contributed by atoms with Crippen molar-refractivity contribution in [2.24, 2.45) is 5.16 Å². The standard InChI is InChI=1S/C14H12ClNO5S/c1-20-14-8-10(9-16-17)2-7-13(14)21-22(18,19)12-5-3-11(15)4-6-12/h2-9,17H,1H3. The Balaban J connectivity index is 2.35. The van der Waals surface area contributed by atoms with Crippen LogP contribution in [0.2, 0.25) is 5.02 Å². The third-order valence-electron chi connectivity index (χ3n) is 2.70. The van der Waals surface area contributed by atoms with Crippen LogP contribution in [-0.4, -0.2) is 26.9 Å². The molecule has 0 aromatic heterocycles. The molecule has 0 saturated heterocycles. The van der Waals surface area contributed by atoms with E-state index in [1.54, 1.807) is 0 Å². The van der Waals surface area contributed by atoms with Crippen molar-refractivity contribution in [2.75, 3.05) is 7.11 Å². The minimum Gasteiger partial charge on any atom is -0.493 e. The zero-order chi connectivity index (χ0) is 16.2. The fourth-order valence-electron chi connectivity index (χ4n) is 1.67. The summed E-state index contributed by atoms with van der Waals surface area (Å²) in [7, 11) is -2.64. The zero-order valence-corrected chi connectivity index (χ0v) is 13.0. The molecule has 0 amide bonds. The first kappa shape index (κ1) is 16.1. The zero-order valence-electron chi connectivity index (χ0n) is 11.4. The van der Waals surface area contributed by atoms with Gasteiger partial charge in [0, 0.05) is 10.6 Å². The van der Waals surface area contributed by atoms with Gasteiger partial charge in [0.25, 0.3) is 0 Å². The molecule has 0 aliphatic heterocycles. The number of nitrogens with zero attached hydrogens (tertiary/aromatic N) is 1. The van der Waals surface area contributed by atoms with Crippen LogP contribution in [-0.2, 0) is 10.1 Å². The molecule has 2 aromatic rings. The quantitative estimate of drug-likeness (QED) is 0.391. The van der Waals surface area contributed by atoms with E-state index >= 15 is 0 Å². The van der Waals surface area contributed by atoms with Crippen LogP contribution in [0.15, 0.2) is 52.5 Å². The van der Waals surface area contributed by atoms with Gasteiger partial charge in [0.15, 0.2) is 11.5 Å². The van der Waals surface area contributed by atoms with Crippen molar-refractivity contribution in [1.29, 1.82) is 0 Å². The Morgan fingerprint density at radius 2 is 1.82 bits per heavy atom. The fourth-order valence-corrected chi connectivity index (χ4v) is 2.73. The number of oxime groups is 1. The Hall–Kier alpha value is -2.25. The average molecular weight is 342 g/mol.